The molecule has 0 saturated heterocycles. The van der Waals surface area contributed by atoms with E-state index in [0.717, 1.165) is 31.3 Å². The molecule has 4 nitrogen and oxygen atoms in total. The van der Waals surface area contributed by atoms with Gasteiger partial charge in [0, 0.05) is 47.5 Å². The fourth-order valence-electron chi connectivity index (χ4n) is 6.28. The van der Waals surface area contributed by atoms with Crippen molar-refractivity contribution in [1.29, 1.82) is 0 Å². The molecule has 0 N–H and O–H groups in total. The minimum absolute atomic E-state index is 0.0355. The number of para-hydroxylation sites is 1. The molecule has 5 heteroatoms. The largest absolute Gasteiger partial charge is 0.455 e. The Hall–Kier alpha value is -6.17. The van der Waals surface area contributed by atoms with Gasteiger partial charge in [0.05, 0.1) is 17.9 Å². The monoisotopic (exact) mass is 640 g/mol. The van der Waals surface area contributed by atoms with Gasteiger partial charge in [-0.05, 0) is 40.7 Å². The molecular weight excluding hydrogens is 607 g/mol. The third-order valence-electron chi connectivity index (χ3n) is 8.48. The molecule has 3 heterocycles. The minimum atomic E-state index is -0.560. The number of rotatable bonds is 4. The van der Waals surface area contributed by atoms with E-state index in [4.69, 9.17) is 30.3 Å². The molecule has 7 aromatic carbocycles. The van der Waals surface area contributed by atoms with E-state index in [2.05, 4.69) is 24.3 Å². The van der Waals surface area contributed by atoms with Gasteiger partial charge in [-0.25, -0.2) is 15.0 Å². The van der Waals surface area contributed by atoms with Gasteiger partial charge >= 0.3 is 0 Å². The lowest BCUT2D eigenvalue weighted by atomic mass is 9.97. The van der Waals surface area contributed by atoms with Gasteiger partial charge in [0.1, 0.15) is 11.2 Å². The second kappa shape index (κ2) is 10.7. The van der Waals surface area contributed by atoms with Crippen LogP contribution < -0.4 is 0 Å². The summed E-state index contributed by atoms with van der Waals surface area (Å²) in [4.78, 5) is 14.8. The Morgan fingerprint density at radius 1 is 0.479 bits per heavy atom. The van der Waals surface area contributed by atoms with Gasteiger partial charge in [-0.3, -0.25) is 0 Å². The molecule has 0 bridgehead atoms. The van der Waals surface area contributed by atoms with Gasteiger partial charge in [-0.15, -0.1) is 11.3 Å². The lowest BCUT2D eigenvalue weighted by molar-refractivity contribution is 0.673. The van der Waals surface area contributed by atoms with Crippen molar-refractivity contribution in [2.75, 3.05) is 0 Å². The molecule has 0 aliphatic carbocycles. The first kappa shape index (κ1) is 19.5. The van der Waals surface area contributed by atoms with Gasteiger partial charge < -0.3 is 4.42 Å². The predicted octanol–water partition coefficient (Wildman–Crippen LogP) is 12.0. The highest BCUT2D eigenvalue weighted by molar-refractivity contribution is 7.26. The normalized spacial score (nSPS) is 14.4. The smallest absolute Gasteiger partial charge is 0.167 e. The Bertz CT molecular complexity index is 3350. The van der Waals surface area contributed by atoms with Crippen molar-refractivity contribution in [3.63, 3.8) is 0 Å². The zero-order valence-corrected chi connectivity index (χ0v) is 25.7. The van der Waals surface area contributed by atoms with E-state index in [-0.39, 0.29) is 55.7 Å². The zero-order valence-electron chi connectivity index (χ0n) is 33.9. The Morgan fingerprint density at radius 3 is 2.00 bits per heavy atom. The Balaban J connectivity index is 1.33. The summed E-state index contributed by atoms with van der Waals surface area (Å²) in [6, 6.07) is 27.2. The maximum Gasteiger partial charge on any atom is 0.167 e. The summed E-state index contributed by atoms with van der Waals surface area (Å²) in [5, 5.41) is 1.63. The molecule has 0 amide bonds. The molecule has 10 aromatic rings. The van der Waals surface area contributed by atoms with Crippen LogP contribution in [-0.4, -0.2) is 15.0 Å². The van der Waals surface area contributed by atoms with Gasteiger partial charge in [-0.2, -0.15) is 0 Å². The summed E-state index contributed by atoms with van der Waals surface area (Å²) in [6.45, 7) is 0. The molecule has 0 radical (unpaired) electrons. The van der Waals surface area contributed by atoms with Gasteiger partial charge in [-0.1, -0.05) is 127 Å². The molecule has 0 aliphatic rings. The Labute approximate surface area is 292 Å². The maximum absolute atomic E-state index is 9.23. The number of thiophene rings is 1. The first-order chi connectivity index (χ1) is 27.5. The van der Waals surface area contributed by atoms with Crippen LogP contribution in [0, 0.1) is 0 Å². The summed E-state index contributed by atoms with van der Waals surface area (Å²) in [5.41, 5.74) is 3.11. The van der Waals surface area contributed by atoms with E-state index in [0.29, 0.717) is 11.1 Å². The van der Waals surface area contributed by atoms with E-state index in [1.54, 1.807) is 11.3 Å². The summed E-state index contributed by atoms with van der Waals surface area (Å²) < 4.78 is 87.4. The number of nitrogens with zero attached hydrogens (tertiary/aromatic N) is 3. The van der Waals surface area contributed by atoms with Crippen LogP contribution in [0.1, 0.15) is 12.3 Å². The molecular formula is C43H25N3OS. The van der Waals surface area contributed by atoms with Crippen LogP contribution in [0.3, 0.4) is 0 Å². The summed E-state index contributed by atoms with van der Waals surface area (Å²) in [7, 11) is 0. The molecule has 10 rings (SSSR count). The SMILES string of the molecule is [2H]c1c([2H])c([2H])c2c(oc3c4c([2H])c([2H])c([2H])c([2H])c4c([2H])c([2H])c32)c1-c1nc(-c2ccccc2)nc(-c2ccc(-c3ccccc3)c3c2sc2ccccc23)n1. The van der Waals surface area contributed by atoms with Crippen LogP contribution in [0.5, 0.6) is 0 Å². The fraction of sp³-hybridized carbons (Fsp3) is 0. The number of fused-ring (bicyclic) bond motifs is 8. The van der Waals surface area contributed by atoms with Crippen LogP contribution in [0.2, 0.25) is 0 Å². The Morgan fingerprint density at radius 2 is 1.15 bits per heavy atom. The molecule has 0 aliphatic heterocycles. The third-order valence-corrected chi connectivity index (χ3v) is 9.68. The van der Waals surface area contributed by atoms with Crippen molar-refractivity contribution in [3.05, 3.63) is 151 Å². The van der Waals surface area contributed by atoms with E-state index in [1.807, 2.05) is 72.8 Å². The molecule has 0 unspecified atom stereocenters. The van der Waals surface area contributed by atoms with Gasteiger partial charge in [0.15, 0.2) is 17.5 Å². The van der Waals surface area contributed by atoms with Crippen LogP contribution in [-0.2, 0) is 0 Å². The summed E-state index contributed by atoms with van der Waals surface area (Å²) in [5.74, 6) is 0.525. The molecule has 0 spiro atoms. The van der Waals surface area contributed by atoms with E-state index < -0.39 is 54.4 Å². The van der Waals surface area contributed by atoms with Gasteiger partial charge in [0.25, 0.3) is 0 Å². The number of furan rings is 1. The second-order valence-corrected chi connectivity index (χ2v) is 12.3. The van der Waals surface area contributed by atoms with Crippen molar-refractivity contribution >= 4 is 64.2 Å². The first-order valence-corrected chi connectivity index (χ1v) is 16.0. The van der Waals surface area contributed by atoms with Crippen molar-refractivity contribution in [2.45, 2.75) is 0 Å². The minimum Gasteiger partial charge on any atom is -0.455 e. The van der Waals surface area contributed by atoms with Crippen LogP contribution in [0.25, 0.3) is 98.2 Å². The average molecular weight is 641 g/mol. The van der Waals surface area contributed by atoms with Gasteiger partial charge in [0.2, 0.25) is 0 Å². The van der Waals surface area contributed by atoms with Crippen molar-refractivity contribution in [2.24, 2.45) is 0 Å². The quantitative estimate of drug-likeness (QED) is 0.192. The van der Waals surface area contributed by atoms with E-state index in [9.17, 15) is 1.37 Å². The molecule has 48 heavy (non-hydrogen) atoms. The zero-order chi connectivity index (χ0) is 39.4. The molecule has 0 saturated carbocycles. The van der Waals surface area contributed by atoms with Crippen LogP contribution in [0.15, 0.2) is 156 Å². The highest BCUT2D eigenvalue weighted by Crippen LogP contribution is 2.45. The third kappa shape index (κ3) is 4.18. The fourth-order valence-corrected chi connectivity index (χ4v) is 7.52. The topological polar surface area (TPSA) is 51.8 Å². The van der Waals surface area contributed by atoms with E-state index >= 15 is 0 Å². The molecule has 0 fully saturated rings. The lowest BCUT2D eigenvalue weighted by Crippen LogP contribution is -2.00. The predicted molar refractivity (Wildman–Crippen MR) is 199 cm³/mol. The number of aromatic nitrogens is 3. The highest BCUT2D eigenvalue weighted by Gasteiger charge is 2.21. The van der Waals surface area contributed by atoms with Crippen LogP contribution in [0.4, 0.5) is 0 Å². The Kier molecular flexibility index (Phi) is 4.34. The second-order valence-electron chi connectivity index (χ2n) is 11.3. The summed E-state index contributed by atoms with van der Waals surface area (Å²) >= 11 is 1.61. The molecule has 224 valence electrons. The molecule has 3 aromatic heterocycles. The standard InChI is InChI=1S/C43H25N3OS/c1-3-12-26(13-4-1)29-24-25-35(40-37(29)33-18-9-10-21-36(33)48-40)43-45-41(28-15-5-2-6-16-28)44-42(46-43)34-20-11-19-31-32-23-22-27-14-7-8-17-30(27)38(32)47-39(31)34/h1-25H/i7D,8D,11D,14D,17D,19D,20D,22D,23D. The van der Waals surface area contributed by atoms with Crippen molar-refractivity contribution in [1.82, 2.24) is 15.0 Å². The maximum atomic E-state index is 9.23. The van der Waals surface area contributed by atoms with E-state index in [1.165, 1.54) is 0 Å². The molecule has 0 atom stereocenters. The van der Waals surface area contributed by atoms with Crippen molar-refractivity contribution < 1.29 is 16.8 Å². The lowest BCUT2D eigenvalue weighted by Gasteiger charge is -2.11. The van der Waals surface area contributed by atoms with Crippen molar-refractivity contribution in [3.8, 4) is 45.3 Å². The number of hydrogen-bond acceptors (Lipinski definition) is 5. The number of benzene rings is 7. The highest BCUT2D eigenvalue weighted by atomic mass is 32.1. The average Bonchev–Trinajstić information content (AvgIpc) is 3.83. The summed E-state index contributed by atoms with van der Waals surface area (Å²) in [6.07, 6.45) is 0. The first-order valence-electron chi connectivity index (χ1n) is 19.7. The van der Waals surface area contributed by atoms with Crippen LogP contribution >= 0.6 is 11.3 Å². The number of hydrogen-bond donors (Lipinski definition) is 0.